The van der Waals surface area contributed by atoms with Crippen molar-refractivity contribution in [2.24, 2.45) is 5.92 Å². The molecular weight excluding hydrogens is 142 g/mol. The Morgan fingerprint density at radius 2 is 2.60 bits per heavy atom. The van der Waals surface area contributed by atoms with Gasteiger partial charge in [0.25, 0.3) is 0 Å². The molecule has 0 saturated heterocycles. The van der Waals surface area contributed by atoms with Crippen LogP contribution in [0.15, 0.2) is 5.51 Å². The van der Waals surface area contributed by atoms with Crippen molar-refractivity contribution in [3.8, 4) is 0 Å². The van der Waals surface area contributed by atoms with E-state index < -0.39 is 0 Å². The summed E-state index contributed by atoms with van der Waals surface area (Å²) >= 11 is 1.73. The highest BCUT2D eigenvalue weighted by Crippen LogP contribution is 2.05. The summed E-state index contributed by atoms with van der Waals surface area (Å²) in [5.74, 6) is 0.702. The molecule has 1 nitrogen and oxygen atoms in total. The van der Waals surface area contributed by atoms with Crippen molar-refractivity contribution in [2.75, 3.05) is 0 Å². The third kappa shape index (κ3) is 0.886. The second-order valence-corrected chi connectivity index (χ2v) is 3.57. The van der Waals surface area contributed by atoms with Crippen LogP contribution in [0.5, 0.6) is 0 Å². The number of hydrogen-bond acceptors (Lipinski definition) is 2. The summed E-state index contributed by atoms with van der Waals surface area (Å²) in [6.07, 6.45) is 5.67. The Morgan fingerprint density at radius 3 is 3.50 bits per heavy atom. The molecule has 0 radical (unpaired) electrons. The van der Waals surface area contributed by atoms with Gasteiger partial charge in [0.15, 0.2) is 0 Å². The van der Waals surface area contributed by atoms with Gasteiger partial charge in [0.05, 0.1) is 15.4 Å². The van der Waals surface area contributed by atoms with Crippen LogP contribution in [0.25, 0.3) is 12.2 Å². The molecule has 52 valence electrons. The highest BCUT2D eigenvalue weighted by molar-refractivity contribution is 7.07. The first-order valence-corrected chi connectivity index (χ1v) is 4.36. The van der Waals surface area contributed by atoms with E-state index in [0.717, 1.165) is 6.42 Å². The van der Waals surface area contributed by atoms with Gasteiger partial charge < -0.3 is 0 Å². The third-order valence-electron chi connectivity index (χ3n) is 1.74. The average molecular weight is 151 g/mol. The molecule has 0 aromatic carbocycles. The molecule has 1 aromatic rings. The van der Waals surface area contributed by atoms with Crippen LogP contribution in [-0.4, -0.2) is 4.98 Å². The van der Waals surface area contributed by atoms with E-state index >= 15 is 0 Å². The lowest BCUT2D eigenvalue weighted by Gasteiger charge is -2.02. The molecule has 1 aliphatic rings. The first kappa shape index (κ1) is 6.10. The van der Waals surface area contributed by atoms with Crippen molar-refractivity contribution in [2.45, 2.75) is 13.3 Å². The van der Waals surface area contributed by atoms with E-state index in [1.54, 1.807) is 11.3 Å². The van der Waals surface area contributed by atoms with Gasteiger partial charge in [0.2, 0.25) is 0 Å². The Labute approximate surface area is 63.7 Å². The average Bonchev–Trinajstić information content (AvgIpc) is 2.33. The van der Waals surface area contributed by atoms with E-state index in [9.17, 15) is 0 Å². The lowest BCUT2D eigenvalue weighted by molar-refractivity contribution is 0.800. The maximum absolute atomic E-state index is 4.22. The van der Waals surface area contributed by atoms with Crippen LogP contribution in [-0.2, 0) is 0 Å². The fourth-order valence-electron chi connectivity index (χ4n) is 1.17. The molecule has 1 aliphatic carbocycles. The van der Waals surface area contributed by atoms with Gasteiger partial charge in [-0.15, -0.1) is 11.3 Å². The van der Waals surface area contributed by atoms with Crippen LogP contribution >= 0.6 is 11.3 Å². The van der Waals surface area contributed by atoms with E-state index in [1.165, 1.54) is 9.88 Å². The van der Waals surface area contributed by atoms with Crippen LogP contribution in [0.4, 0.5) is 0 Å². The lowest BCUT2D eigenvalue weighted by Crippen LogP contribution is -2.25. The smallest absolute Gasteiger partial charge is 0.0805 e. The van der Waals surface area contributed by atoms with E-state index in [1.807, 2.05) is 5.51 Å². The number of rotatable bonds is 0. The predicted molar refractivity (Wildman–Crippen MR) is 44.1 cm³/mol. The summed E-state index contributed by atoms with van der Waals surface area (Å²) in [7, 11) is 0. The summed E-state index contributed by atoms with van der Waals surface area (Å²) < 4.78 is 1.35. The minimum Gasteiger partial charge on any atom is -0.245 e. The molecule has 0 amide bonds. The normalized spacial score (nSPS) is 22.7. The van der Waals surface area contributed by atoms with Crippen molar-refractivity contribution < 1.29 is 0 Å². The van der Waals surface area contributed by atoms with Crippen LogP contribution in [0, 0.1) is 5.92 Å². The second kappa shape index (κ2) is 2.20. The highest BCUT2D eigenvalue weighted by atomic mass is 32.1. The van der Waals surface area contributed by atoms with Crippen LogP contribution < -0.4 is 9.88 Å². The molecule has 1 unspecified atom stereocenters. The number of fused-ring (bicyclic) bond motifs is 1. The molecule has 0 spiro atoms. The van der Waals surface area contributed by atoms with Crippen LogP contribution in [0.1, 0.15) is 13.3 Å². The monoisotopic (exact) mass is 151 g/mol. The molecule has 2 rings (SSSR count). The lowest BCUT2D eigenvalue weighted by atomic mass is 10.1. The van der Waals surface area contributed by atoms with Gasteiger partial charge in [-0.25, -0.2) is 4.98 Å². The molecule has 0 fully saturated rings. The predicted octanol–water partition coefficient (Wildman–Crippen LogP) is 0.744. The quantitative estimate of drug-likeness (QED) is 0.533. The Morgan fingerprint density at radius 1 is 1.70 bits per heavy atom. The largest absolute Gasteiger partial charge is 0.245 e. The van der Waals surface area contributed by atoms with Crippen molar-refractivity contribution in [3.63, 3.8) is 0 Å². The molecule has 0 saturated carbocycles. The molecule has 0 bridgehead atoms. The second-order valence-electron chi connectivity index (χ2n) is 2.69. The zero-order chi connectivity index (χ0) is 6.97. The molecule has 2 heteroatoms. The molecule has 1 heterocycles. The first-order valence-electron chi connectivity index (χ1n) is 3.48. The van der Waals surface area contributed by atoms with Gasteiger partial charge >= 0.3 is 0 Å². The first-order chi connectivity index (χ1) is 4.86. The maximum atomic E-state index is 4.22. The molecule has 1 aromatic heterocycles. The standard InChI is InChI=1S/C8H9NS/c1-6-2-3-7-8(4-6)10-5-9-7/h3-6H,2H2,1H3. The van der Waals surface area contributed by atoms with Gasteiger partial charge in [-0.2, -0.15) is 0 Å². The summed E-state index contributed by atoms with van der Waals surface area (Å²) in [6, 6.07) is 0. The van der Waals surface area contributed by atoms with Gasteiger partial charge in [-0.1, -0.05) is 19.1 Å². The molecular formula is C8H9NS. The Balaban J connectivity index is 2.73. The van der Waals surface area contributed by atoms with Gasteiger partial charge in [-0.05, 0) is 12.3 Å². The highest BCUT2D eigenvalue weighted by Gasteiger charge is 2.01. The zero-order valence-corrected chi connectivity index (χ0v) is 6.69. The summed E-state index contributed by atoms with van der Waals surface area (Å²) in [6.45, 7) is 2.24. The van der Waals surface area contributed by atoms with Crippen LogP contribution in [0.3, 0.4) is 0 Å². The minimum atomic E-state index is 0.702. The van der Waals surface area contributed by atoms with Gasteiger partial charge in [0.1, 0.15) is 0 Å². The topological polar surface area (TPSA) is 12.9 Å². The van der Waals surface area contributed by atoms with Gasteiger partial charge in [-0.3, -0.25) is 0 Å². The summed E-state index contributed by atoms with van der Waals surface area (Å²) in [4.78, 5) is 4.22. The molecule has 1 atom stereocenters. The Kier molecular flexibility index (Phi) is 1.34. The number of aromatic nitrogens is 1. The van der Waals surface area contributed by atoms with Crippen molar-refractivity contribution in [1.29, 1.82) is 0 Å². The summed E-state index contributed by atoms with van der Waals surface area (Å²) in [5, 5.41) is 1.18. The van der Waals surface area contributed by atoms with Crippen molar-refractivity contribution in [3.05, 3.63) is 15.4 Å². The van der Waals surface area contributed by atoms with E-state index in [4.69, 9.17) is 0 Å². The number of nitrogens with zero attached hydrogens (tertiary/aromatic N) is 1. The fraction of sp³-hybridized carbons (Fsp3) is 0.375. The van der Waals surface area contributed by atoms with Crippen molar-refractivity contribution in [1.82, 2.24) is 4.98 Å². The van der Waals surface area contributed by atoms with E-state index in [0.29, 0.717) is 5.92 Å². The fourth-order valence-corrected chi connectivity index (χ4v) is 2.01. The van der Waals surface area contributed by atoms with Crippen molar-refractivity contribution >= 4 is 23.5 Å². The summed E-state index contributed by atoms with van der Waals surface area (Å²) in [5.41, 5.74) is 1.91. The van der Waals surface area contributed by atoms with E-state index in [-0.39, 0.29) is 0 Å². The number of hydrogen-bond donors (Lipinski definition) is 0. The Bertz CT molecular complexity index is 336. The molecule has 10 heavy (non-hydrogen) atoms. The zero-order valence-electron chi connectivity index (χ0n) is 5.87. The molecule has 0 N–H and O–H groups in total. The minimum absolute atomic E-state index is 0.702. The SMILES string of the molecule is CC1C=c2scnc2=CC1. The Hall–Kier alpha value is -0.630. The van der Waals surface area contributed by atoms with Gasteiger partial charge in [0, 0.05) is 0 Å². The van der Waals surface area contributed by atoms with Crippen LogP contribution in [0.2, 0.25) is 0 Å². The third-order valence-corrected chi connectivity index (χ3v) is 2.55. The van der Waals surface area contributed by atoms with E-state index in [2.05, 4.69) is 24.1 Å². The maximum Gasteiger partial charge on any atom is 0.0805 e. The number of thiazole rings is 1. The molecule has 0 aliphatic heterocycles.